The number of benzene rings is 3. The normalized spacial score (nSPS) is 15.6. The fraction of sp³-hybridized carbons (Fsp3) is 0.355. The Morgan fingerprint density at radius 2 is 1.62 bits per heavy atom. The first-order chi connectivity index (χ1) is 18.1. The molecule has 3 aromatic rings. The molecular formula is C31H36N2O4. The number of aryl methyl sites for hydroxylation is 1. The van der Waals surface area contributed by atoms with Gasteiger partial charge in [0.2, 0.25) is 11.8 Å². The highest BCUT2D eigenvalue weighted by Crippen LogP contribution is 2.19. The van der Waals surface area contributed by atoms with E-state index in [1.165, 1.54) is 0 Å². The van der Waals surface area contributed by atoms with Gasteiger partial charge in [-0.15, -0.1) is 0 Å². The number of hydrogen-bond acceptors (Lipinski definition) is 4. The van der Waals surface area contributed by atoms with E-state index in [9.17, 15) is 9.59 Å². The highest BCUT2D eigenvalue weighted by Gasteiger charge is 2.31. The number of hydrogen-bond donors (Lipinski definition) is 1. The van der Waals surface area contributed by atoms with Gasteiger partial charge in [0.1, 0.15) is 11.8 Å². The summed E-state index contributed by atoms with van der Waals surface area (Å²) in [7, 11) is 1.63. The summed E-state index contributed by atoms with van der Waals surface area (Å²) < 4.78 is 11.0. The molecule has 1 heterocycles. The van der Waals surface area contributed by atoms with Crippen LogP contribution >= 0.6 is 0 Å². The molecule has 0 aromatic heterocycles. The van der Waals surface area contributed by atoms with Gasteiger partial charge in [-0.25, -0.2) is 0 Å². The zero-order valence-electron chi connectivity index (χ0n) is 21.5. The summed E-state index contributed by atoms with van der Waals surface area (Å²) >= 11 is 0. The predicted octanol–water partition coefficient (Wildman–Crippen LogP) is 4.56. The van der Waals surface area contributed by atoms with Crippen LogP contribution in [0.15, 0.2) is 84.9 Å². The quantitative estimate of drug-likeness (QED) is 0.396. The Bertz CT molecular complexity index is 1110. The van der Waals surface area contributed by atoms with Crippen molar-refractivity contribution in [3.63, 3.8) is 0 Å². The van der Waals surface area contributed by atoms with E-state index in [1.807, 2.05) is 84.9 Å². The number of carbonyl (C=O) groups excluding carboxylic acids is 2. The van der Waals surface area contributed by atoms with Gasteiger partial charge in [0.15, 0.2) is 0 Å². The molecule has 1 N–H and O–H groups in total. The monoisotopic (exact) mass is 500 g/mol. The number of ether oxygens (including phenoxy) is 2. The Kier molecular flexibility index (Phi) is 9.72. The van der Waals surface area contributed by atoms with E-state index < -0.39 is 6.04 Å². The standard InChI is InChI=1S/C31H36N2O4/c1-36-27-17-14-26(15-18-27)23-33(30(34)19-16-24-9-4-2-5-10-24)29(21-25-11-6-3-7-12-25)31(35)32-22-28-13-8-20-37-28/h2-7,9-12,14-15,17-18,28-29H,8,13,16,19-23H2,1H3,(H,32,35)/t28-,29-/m1/s1. The Morgan fingerprint density at radius 3 is 2.24 bits per heavy atom. The first kappa shape index (κ1) is 26.4. The number of methoxy groups -OCH3 is 1. The van der Waals surface area contributed by atoms with Gasteiger partial charge in [-0.2, -0.15) is 0 Å². The molecule has 0 saturated carbocycles. The first-order valence-corrected chi connectivity index (χ1v) is 13.0. The van der Waals surface area contributed by atoms with Crippen molar-refractivity contribution < 1.29 is 19.1 Å². The Balaban J connectivity index is 1.58. The summed E-state index contributed by atoms with van der Waals surface area (Å²) in [6.07, 6.45) is 3.36. The van der Waals surface area contributed by atoms with Gasteiger partial charge in [0.05, 0.1) is 13.2 Å². The van der Waals surface area contributed by atoms with E-state index in [-0.39, 0.29) is 17.9 Å². The Labute approximate surface area is 219 Å². The van der Waals surface area contributed by atoms with E-state index in [4.69, 9.17) is 9.47 Å². The highest BCUT2D eigenvalue weighted by molar-refractivity contribution is 5.88. The van der Waals surface area contributed by atoms with Gasteiger partial charge in [-0.3, -0.25) is 9.59 Å². The first-order valence-electron chi connectivity index (χ1n) is 13.0. The minimum atomic E-state index is -0.644. The van der Waals surface area contributed by atoms with Crippen LogP contribution in [0.4, 0.5) is 0 Å². The Morgan fingerprint density at radius 1 is 0.946 bits per heavy atom. The molecule has 1 saturated heterocycles. The molecule has 0 aliphatic carbocycles. The zero-order chi connectivity index (χ0) is 25.9. The average Bonchev–Trinajstić information content (AvgIpc) is 3.47. The van der Waals surface area contributed by atoms with Gasteiger partial charge in [0, 0.05) is 32.5 Å². The minimum Gasteiger partial charge on any atom is -0.497 e. The molecule has 6 heteroatoms. The minimum absolute atomic E-state index is 0.0325. The predicted molar refractivity (Wildman–Crippen MR) is 144 cm³/mol. The van der Waals surface area contributed by atoms with Gasteiger partial charge >= 0.3 is 0 Å². The number of amides is 2. The maximum atomic E-state index is 13.7. The SMILES string of the molecule is COc1ccc(CN(C(=O)CCc2ccccc2)[C@H](Cc2ccccc2)C(=O)NC[C@H]2CCCO2)cc1. The third kappa shape index (κ3) is 7.92. The van der Waals surface area contributed by atoms with Gasteiger partial charge in [-0.05, 0) is 48.1 Å². The van der Waals surface area contributed by atoms with Gasteiger partial charge in [-0.1, -0.05) is 72.8 Å². The van der Waals surface area contributed by atoms with Crippen molar-refractivity contribution >= 4 is 11.8 Å². The van der Waals surface area contributed by atoms with Crippen LogP contribution in [0, 0.1) is 0 Å². The van der Waals surface area contributed by atoms with Crippen LogP contribution in [0.3, 0.4) is 0 Å². The lowest BCUT2D eigenvalue weighted by Crippen LogP contribution is -2.51. The summed E-state index contributed by atoms with van der Waals surface area (Å²) in [5.41, 5.74) is 3.05. The molecule has 37 heavy (non-hydrogen) atoms. The molecule has 0 radical (unpaired) electrons. The summed E-state index contributed by atoms with van der Waals surface area (Å²) in [4.78, 5) is 29.1. The molecule has 0 unspecified atom stereocenters. The molecular weight excluding hydrogens is 464 g/mol. The van der Waals surface area contributed by atoms with Crippen LogP contribution in [0.2, 0.25) is 0 Å². The molecule has 194 valence electrons. The van der Waals surface area contributed by atoms with E-state index in [1.54, 1.807) is 12.0 Å². The van der Waals surface area contributed by atoms with Crippen LogP contribution < -0.4 is 10.1 Å². The zero-order valence-corrected chi connectivity index (χ0v) is 21.5. The van der Waals surface area contributed by atoms with Crippen molar-refractivity contribution in [3.05, 3.63) is 102 Å². The van der Waals surface area contributed by atoms with Crippen molar-refractivity contribution in [2.24, 2.45) is 0 Å². The average molecular weight is 501 g/mol. The molecule has 2 atom stereocenters. The molecule has 1 aliphatic heterocycles. The number of nitrogens with zero attached hydrogens (tertiary/aromatic N) is 1. The molecule has 4 rings (SSSR count). The van der Waals surface area contributed by atoms with Crippen LogP contribution in [-0.2, 0) is 33.7 Å². The van der Waals surface area contributed by atoms with E-state index in [0.717, 1.165) is 41.9 Å². The molecule has 2 amide bonds. The second kappa shape index (κ2) is 13.6. The van der Waals surface area contributed by atoms with E-state index in [2.05, 4.69) is 5.32 Å². The molecule has 1 aliphatic rings. The largest absolute Gasteiger partial charge is 0.497 e. The summed E-state index contributed by atoms with van der Waals surface area (Å²) in [6, 6.07) is 26.9. The summed E-state index contributed by atoms with van der Waals surface area (Å²) in [6.45, 7) is 1.52. The second-order valence-corrected chi connectivity index (χ2v) is 9.44. The van der Waals surface area contributed by atoms with Crippen molar-refractivity contribution in [2.75, 3.05) is 20.3 Å². The molecule has 0 bridgehead atoms. The third-order valence-corrected chi connectivity index (χ3v) is 6.78. The van der Waals surface area contributed by atoms with Crippen molar-refractivity contribution in [1.29, 1.82) is 0 Å². The molecule has 0 spiro atoms. The maximum Gasteiger partial charge on any atom is 0.243 e. The molecule has 1 fully saturated rings. The summed E-state index contributed by atoms with van der Waals surface area (Å²) in [5.74, 6) is 0.551. The van der Waals surface area contributed by atoms with Crippen LogP contribution in [-0.4, -0.2) is 49.1 Å². The molecule has 6 nitrogen and oxygen atoms in total. The van der Waals surface area contributed by atoms with E-state index >= 15 is 0 Å². The fourth-order valence-electron chi connectivity index (χ4n) is 4.66. The number of nitrogens with one attached hydrogen (secondary N) is 1. The summed E-state index contributed by atoms with van der Waals surface area (Å²) in [5, 5.41) is 3.08. The van der Waals surface area contributed by atoms with Crippen molar-refractivity contribution in [1.82, 2.24) is 10.2 Å². The fourth-order valence-corrected chi connectivity index (χ4v) is 4.66. The Hall–Kier alpha value is -3.64. The van der Waals surface area contributed by atoms with Crippen molar-refractivity contribution in [2.45, 2.75) is 50.8 Å². The lowest BCUT2D eigenvalue weighted by atomic mass is 10.0. The lowest BCUT2D eigenvalue weighted by Gasteiger charge is -2.32. The van der Waals surface area contributed by atoms with Gasteiger partial charge in [0.25, 0.3) is 0 Å². The molecule has 3 aromatic carbocycles. The highest BCUT2D eigenvalue weighted by atomic mass is 16.5. The number of rotatable bonds is 12. The van der Waals surface area contributed by atoms with Gasteiger partial charge < -0.3 is 19.7 Å². The third-order valence-electron chi connectivity index (χ3n) is 6.78. The lowest BCUT2D eigenvalue weighted by molar-refractivity contribution is -0.141. The van der Waals surface area contributed by atoms with Crippen LogP contribution in [0.1, 0.15) is 36.0 Å². The van der Waals surface area contributed by atoms with Crippen LogP contribution in [0.25, 0.3) is 0 Å². The topological polar surface area (TPSA) is 67.9 Å². The van der Waals surface area contributed by atoms with Crippen LogP contribution in [0.5, 0.6) is 5.75 Å². The maximum absolute atomic E-state index is 13.7. The van der Waals surface area contributed by atoms with E-state index in [0.29, 0.717) is 32.4 Å². The second-order valence-electron chi connectivity index (χ2n) is 9.44. The van der Waals surface area contributed by atoms with Crippen molar-refractivity contribution in [3.8, 4) is 5.75 Å². The number of carbonyl (C=O) groups is 2. The smallest absolute Gasteiger partial charge is 0.243 e.